The molecule has 1 aromatic heterocycles. The SMILES string of the molecule is CN(Cc1cc(Br)cs1)S(=O)(=O)c1cccc(Br)c1. The normalized spacial score (nSPS) is 12.0. The highest BCUT2D eigenvalue weighted by atomic mass is 79.9. The molecule has 0 aliphatic heterocycles. The van der Waals surface area contributed by atoms with Crippen molar-refractivity contribution in [3.8, 4) is 0 Å². The van der Waals surface area contributed by atoms with Crippen molar-refractivity contribution in [2.45, 2.75) is 11.4 Å². The minimum atomic E-state index is -3.46. The first-order chi connectivity index (χ1) is 8.89. The Morgan fingerprint density at radius 1 is 1.21 bits per heavy atom. The summed E-state index contributed by atoms with van der Waals surface area (Å²) in [7, 11) is -1.87. The molecular formula is C12H11Br2NO2S2. The summed E-state index contributed by atoms with van der Waals surface area (Å²) in [5.74, 6) is 0. The summed E-state index contributed by atoms with van der Waals surface area (Å²) >= 11 is 8.18. The summed E-state index contributed by atoms with van der Waals surface area (Å²) in [5, 5.41) is 1.94. The van der Waals surface area contributed by atoms with E-state index in [0.29, 0.717) is 11.4 Å². The molecule has 0 atom stereocenters. The smallest absolute Gasteiger partial charge is 0.207 e. The van der Waals surface area contributed by atoms with Gasteiger partial charge >= 0.3 is 0 Å². The highest BCUT2D eigenvalue weighted by Crippen LogP contribution is 2.24. The molecule has 2 rings (SSSR count). The topological polar surface area (TPSA) is 37.4 Å². The number of benzene rings is 1. The second-order valence-corrected chi connectivity index (χ2v) is 8.82. The summed E-state index contributed by atoms with van der Waals surface area (Å²) in [4.78, 5) is 1.29. The third kappa shape index (κ3) is 3.66. The highest BCUT2D eigenvalue weighted by Gasteiger charge is 2.21. The van der Waals surface area contributed by atoms with Crippen molar-refractivity contribution in [2.24, 2.45) is 0 Å². The van der Waals surface area contributed by atoms with E-state index in [-0.39, 0.29) is 0 Å². The lowest BCUT2D eigenvalue weighted by Gasteiger charge is -2.16. The zero-order chi connectivity index (χ0) is 14.0. The number of sulfonamides is 1. The van der Waals surface area contributed by atoms with Crippen LogP contribution in [0.25, 0.3) is 0 Å². The molecule has 3 nitrogen and oxygen atoms in total. The van der Waals surface area contributed by atoms with Gasteiger partial charge in [0.05, 0.1) is 4.90 Å². The third-order valence-electron chi connectivity index (χ3n) is 2.50. The average molecular weight is 425 g/mol. The maximum atomic E-state index is 12.4. The van der Waals surface area contributed by atoms with Crippen LogP contribution in [0.3, 0.4) is 0 Å². The Bertz CT molecular complexity index is 683. The summed E-state index contributed by atoms with van der Waals surface area (Å²) in [6, 6.07) is 8.65. The Hall–Kier alpha value is -0.210. The standard InChI is InChI=1S/C12H11Br2NO2S2/c1-15(7-11-5-10(14)8-18-11)19(16,17)12-4-2-3-9(13)6-12/h2-6,8H,7H2,1H3. The van der Waals surface area contributed by atoms with Crippen LogP contribution in [0, 0.1) is 0 Å². The maximum Gasteiger partial charge on any atom is 0.243 e. The number of hydrogen-bond acceptors (Lipinski definition) is 3. The van der Waals surface area contributed by atoms with Gasteiger partial charge in [0, 0.05) is 32.8 Å². The fraction of sp³-hybridized carbons (Fsp3) is 0.167. The molecule has 0 aliphatic carbocycles. The highest BCUT2D eigenvalue weighted by molar-refractivity contribution is 9.10. The van der Waals surface area contributed by atoms with Gasteiger partial charge in [-0.15, -0.1) is 11.3 Å². The van der Waals surface area contributed by atoms with Crippen LogP contribution in [0.4, 0.5) is 0 Å². The summed E-state index contributed by atoms with van der Waals surface area (Å²) < 4.78 is 27.9. The fourth-order valence-electron chi connectivity index (χ4n) is 1.55. The minimum absolute atomic E-state index is 0.292. The zero-order valence-corrected chi connectivity index (χ0v) is 14.8. The average Bonchev–Trinajstić information content (AvgIpc) is 2.74. The van der Waals surface area contributed by atoms with Crippen LogP contribution in [0.1, 0.15) is 4.88 Å². The fourth-order valence-corrected chi connectivity index (χ4v) is 4.88. The minimum Gasteiger partial charge on any atom is -0.207 e. The molecule has 0 radical (unpaired) electrons. The molecule has 0 spiro atoms. The van der Waals surface area contributed by atoms with Crippen molar-refractivity contribution < 1.29 is 8.42 Å². The first-order valence-corrected chi connectivity index (χ1v) is 9.25. The molecule has 1 heterocycles. The molecular weight excluding hydrogens is 414 g/mol. The van der Waals surface area contributed by atoms with Gasteiger partial charge in [-0.3, -0.25) is 0 Å². The van der Waals surface area contributed by atoms with Gasteiger partial charge in [0.2, 0.25) is 10.0 Å². The van der Waals surface area contributed by atoms with Crippen LogP contribution in [-0.2, 0) is 16.6 Å². The molecule has 0 aliphatic rings. The molecule has 1 aromatic carbocycles. The second-order valence-electron chi connectivity index (χ2n) is 3.95. The molecule has 102 valence electrons. The Morgan fingerprint density at radius 3 is 2.53 bits per heavy atom. The number of hydrogen-bond donors (Lipinski definition) is 0. The molecule has 0 saturated heterocycles. The van der Waals surface area contributed by atoms with E-state index in [1.54, 1.807) is 31.3 Å². The molecule has 0 fully saturated rings. The van der Waals surface area contributed by atoms with Gasteiger partial charge in [0.1, 0.15) is 0 Å². The molecule has 7 heteroatoms. The summed E-state index contributed by atoms with van der Waals surface area (Å²) in [5.41, 5.74) is 0. The van der Waals surface area contributed by atoms with Gasteiger partial charge in [-0.2, -0.15) is 4.31 Å². The van der Waals surface area contributed by atoms with Crippen LogP contribution >= 0.6 is 43.2 Å². The van der Waals surface area contributed by atoms with E-state index in [9.17, 15) is 8.42 Å². The maximum absolute atomic E-state index is 12.4. The largest absolute Gasteiger partial charge is 0.243 e. The van der Waals surface area contributed by atoms with Crippen LogP contribution in [-0.4, -0.2) is 19.8 Å². The first kappa shape index (κ1) is 15.2. The Labute approximate surface area is 133 Å². The molecule has 0 bridgehead atoms. The first-order valence-electron chi connectivity index (χ1n) is 5.34. The van der Waals surface area contributed by atoms with Crippen molar-refractivity contribution in [2.75, 3.05) is 7.05 Å². The van der Waals surface area contributed by atoms with Gasteiger partial charge in [0.25, 0.3) is 0 Å². The zero-order valence-electron chi connectivity index (χ0n) is 10.0. The Kier molecular flexibility index (Phi) is 4.84. The number of halogens is 2. The molecule has 0 amide bonds. The Balaban J connectivity index is 2.24. The van der Waals surface area contributed by atoms with E-state index in [4.69, 9.17) is 0 Å². The van der Waals surface area contributed by atoms with Gasteiger partial charge in [-0.05, 0) is 40.2 Å². The summed E-state index contributed by atoms with van der Waals surface area (Å²) in [6.07, 6.45) is 0. The van der Waals surface area contributed by atoms with Crippen LogP contribution in [0.15, 0.2) is 49.6 Å². The van der Waals surface area contributed by atoms with Gasteiger partial charge < -0.3 is 0 Å². The quantitative estimate of drug-likeness (QED) is 0.740. The number of rotatable bonds is 4. The molecule has 0 N–H and O–H groups in total. The predicted octanol–water partition coefficient (Wildman–Crippen LogP) is 4.09. The van der Waals surface area contributed by atoms with E-state index in [1.807, 2.05) is 11.4 Å². The van der Waals surface area contributed by atoms with Crippen LogP contribution < -0.4 is 0 Å². The van der Waals surface area contributed by atoms with Gasteiger partial charge in [-0.1, -0.05) is 22.0 Å². The predicted molar refractivity (Wildman–Crippen MR) is 84.8 cm³/mol. The van der Waals surface area contributed by atoms with Gasteiger partial charge in [-0.25, -0.2) is 8.42 Å². The molecule has 19 heavy (non-hydrogen) atoms. The van der Waals surface area contributed by atoms with Crippen molar-refractivity contribution in [3.63, 3.8) is 0 Å². The molecule has 0 unspecified atom stereocenters. The molecule has 0 saturated carbocycles. The van der Waals surface area contributed by atoms with Crippen molar-refractivity contribution >= 4 is 53.2 Å². The van der Waals surface area contributed by atoms with Crippen molar-refractivity contribution in [1.82, 2.24) is 4.31 Å². The monoisotopic (exact) mass is 423 g/mol. The van der Waals surface area contributed by atoms with E-state index < -0.39 is 10.0 Å². The third-order valence-corrected chi connectivity index (χ3v) is 6.48. The van der Waals surface area contributed by atoms with E-state index in [1.165, 1.54) is 15.6 Å². The lowest BCUT2D eigenvalue weighted by molar-refractivity contribution is 0.469. The van der Waals surface area contributed by atoms with Crippen LogP contribution in [0.2, 0.25) is 0 Å². The number of nitrogens with zero attached hydrogens (tertiary/aromatic N) is 1. The lowest BCUT2D eigenvalue weighted by Crippen LogP contribution is -2.26. The van der Waals surface area contributed by atoms with Crippen molar-refractivity contribution in [3.05, 3.63) is 49.5 Å². The van der Waals surface area contributed by atoms with Crippen molar-refractivity contribution in [1.29, 1.82) is 0 Å². The lowest BCUT2D eigenvalue weighted by atomic mass is 10.4. The Morgan fingerprint density at radius 2 is 1.95 bits per heavy atom. The molecule has 2 aromatic rings. The summed E-state index contributed by atoms with van der Waals surface area (Å²) in [6.45, 7) is 0.366. The van der Waals surface area contributed by atoms with Crippen LogP contribution in [0.5, 0.6) is 0 Å². The van der Waals surface area contributed by atoms with Gasteiger partial charge in [0.15, 0.2) is 0 Å². The van der Waals surface area contributed by atoms with E-state index in [0.717, 1.165) is 13.8 Å². The number of thiophene rings is 1. The van der Waals surface area contributed by atoms with E-state index in [2.05, 4.69) is 31.9 Å². The second kappa shape index (κ2) is 6.05. The van der Waals surface area contributed by atoms with E-state index >= 15 is 0 Å².